The first-order chi connectivity index (χ1) is 12.2. The zero-order valence-corrected chi connectivity index (χ0v) is 15.9. The van der Waals surface area contributed by atoms with Crippen molar-refractivity contribution in [2.45, 2.75) is 24.9 Å². The normalized spacial score (nSPS) is 21.2. The van der Waals surface area contributed by atoms with Crippen molar-refractivity contribution >= 4 is 34.3 Å². The molecule has 0 bridgehead atoms. The monoisotopic (exact) mass is 476 g/mol. The number of aliphatic hydroxyl groups is 1. The molecule has 2 atom stereocenters. The Balaban J connectivity index is 2.24. The van der Waals surface area contributed by atoms with Crippen LogP contribution in [0.15, 0.2) is 48.5 Å². The van der Waals surface area contributed by atoms with Crippen LogP contribution in [0.3, 0.4) is 0 Å². The maximum absolute atomic E-state index is 14.1. The number of halogens is 4. The van der Waals surface area contributed by atoms with Crippen molar-refractivity contribution in [3.05, 3.63) is 65.2 Å². The van der Waals surface area contributed by atoms with Gasteiger partial charge in [0.15, 0.2) is 0 Å². The maximum atomic E-state index is 14.1. The van der Waals surface area contributed by atoms with Crippen LogP contribution in [0.25, 0.3) is 0 Å². The van der Waals surface area contributed by atoms with Gasteiger partial charge in [-0.3, -0.25) is 4.90 Å². The van der Waals surface area contributed by atoms with E-state index in [0.29, 0.717) is 16.0 Å². The summed E-state index contributed by atoms with van der Waals surface area (Å²) in [5.41, 5.74) is -2.79. The number of amides is 2. The molecule has 2 aromatic carbocycles. The van der Waals surface area contributed by atoms with Gasteiger partial charge in [-0.15, -0.1) is 0 Å². The third-order valence-electron chi connectivity index (χ3n) is 4.40. The number of anilines is 1. The molecule has 0 saturated heterocycles. The van der Waals surface area contributed by atoms with Gasteiger partial charge < -0.3 is 10.4 Å². The lowest BCUT2D eigenvalue weighted by molar-refractivity contribution is -0.318. The Morgan fingerprint density at radius 1 is 1.23 bits per heavy atom. The lowest BCUT2D eigenvalue weighted by Gasteiger charge is -2.48. The number of benzene rings is 2. The van der Waals surface area contributed by atoms with Crippen molar-refractivity contribution < 1.29 is 23.1 Å². The fourth-order valence-corrected chi connectivity index (χ4v) is 4.05. The zero-order chi connectivity index (χ0) is 19.1. The van der Waals surface area contributed by atoms with Gasteiger partial charge >= 0.3 is 12.2 Å². The summed E-state index contributed by atoms with van der Waals surface area (Å²) >= 11 is 1.92. The summed E-state index contributed by atoms with van der Waals surface area (Å²) in [4.78, 5) is 13.1. The van der Waals surface area contributed by atoms with Crippen LogP contribution in [0.2, 0.25) is 0 Å². The lowest BCUT2D eigenvalue weighted by Crippen LogP contribution is -2.63. The van der Waals surface area contributed by atoms with Gasteiger partial charge in [-0.25, -0.2) is 4.79 Å². The van der Waals surface area contributed by atoms with E-state index < -0.39 is 24.0 Å². The Morgan fingerprint density at radius 3 is 2.46 bits per heavy atom. The van der Waals surface area contributed by atoms with Gasteiger partial charge in [-0.1, -0.05) is 64.6 Å². The number of carbonyl (C=O) groups is 1. The molecule has 0 radical (unpaired) electrons. The summed E-state index contributed by atoms with van der Waals surface area (Å²) in [5.74, 6) is 0. The van der Waals surface area contributed by atoms with Gasteiger partial charge in [0.2, 0.25) is 0 Å². The van der Waals surface area contributed by atoms with E-state index >= 15 is 0 Å². The SMILES string of the molecule is Cc1ccc2c(c1)C(O)(C(F)(F)F)N([C@H](CI)c1ccccc1)C(=O)N2. The van der Waals surface area contributed by atoms with Crippen LogP contribution in [0.5, 0.6) is 0 Å². The standard InChI is InChI=1S/C18H16F3IN2O2/c1-11-7-8-14-13(9-11)17(26,18(19,20)21)24(16(25)23-14)15(10-22)12-5-3-2-4-6-12/h2-9,15,26H,10H2,1H3,(H,23,25)/t15-,17?/m1/s1. The summed E-state index contributed by atoms with van der Waals surface area (Å²) in [6.07, 6.45) is -5.08. The Labute approximate surface area is 162 Å². The molecule has 0 aromatic heterocycles. The molecule has 0 fully saturated rings. The van der Waals surface area contributed by atoms with Crippen molar-refractivity contribution in [1.29, 1.82) is 0 Å². The molecule has 8 heteroatoms. The van der Waals surface area contributed by atoms with Gasteiger partial charge in [0.1, 0.15) is 0 Å². The summed E-state index contributed by atoms with van der Waals surface area (Å²) in [5, 5.41) is 13.4. The van der Waals surface area contributed by atoms with Crippen LogP contribution >= 0.6 is 22.6 Å². The molecule has 1 aliphatic heterocycles. The van der Waals surface area contributed by atoms with Crippen molar-refractivity contribution in [3.8, 4) is 0 Å². The molecule has 0 spiro atoms. The van der Waals surface area contributed by atoms with E-state index in [1.807, 2.05) is 22.6 Å². The zero-order valence-electron chi connectivity index (χ0n) is 13.7. The predicted molar refractivity (Wildman–Crippen MR) is 100 cm³/mol. The fourth-order valence-electron chi connectivity index (χ4n) is 3.15. The second-order valence-corrected chi connectivity index (χ2v) is 6.98. The molecule has 26 heavy (non-hydrogen) atoms. The van der Waals surface area contributed by atoms with Crippen molar-refractivity contribution in [3.63, 3.8) is 0 Å². The lowest BCUT2D eigenvalue weighted by atomic mass is 9.91. The van der Waals surface area contributed by atoms with Crippen LogP contribution in [-0.4, -0.2) is 26.6 Å². The first kappa shape index (κ1) is 19.0. The van der Waals surface area contributed by atoms with Gasteiger partial charge in [-0.2, -0.15) is 13.2 Å². The first-order valence-electron chi connectivity index (χ1n) is 7.81. The van der Waals surface area contributed by atoms with Gasteiger partial charge in [0, 0.05) is 9.99 Å². The molecular weight excluding hydrogens is 460 g/mol. The summed E-state index contributed by atoms with van der Waals surface area (Å²) in [7, 11) is 0. The Bertz CT molecular complexity index is 829. The minimum Gasteiger partial charge on any atom is -0.360 e. The second kappa shape index (κ2) is 6.73. The molecule has 1 aliphatic rings. The third-order valence-corrected chi connectivity index (χ3v) is 5.23. The van der Waals surface area contributed by atoms with E-state index in [9.17, 15) is 23.1 Å². The molecule has 0 aliphatic carbocycles. The van der Waals surface area contributed by atoms with E-state index in [1.165, 1.54) is 12.1 Å². The van der Waals surface area contributed by atoms with Crippen LogP contribution < -0.4 is 5.32 Å². The number of fused-ring (bicyclic) bond motifs is 1. The van der Waals surface area contributed by atoms with E-state index in [4.69, 9.17) is 0 Å². The number of alkyl halides is 4. The van der Waals surface area contributed by atoms with Gasteiger partial charge in [0.25, 0.3) is 5.72 Å². The quantitative estimate of drug-likeness (QED) is 0.498. The van der Waals surface area contributed by atoms with E-state index in [0.717, 1.165) is 0 Å². The van der Waals surface area contributed by atoms with Gasteiger partial charge in [-0.05, 0) is 24.6 Å². The minimum atomic E-state index is -5.08. The van der Waals surface area contributed by atoms with E-state index in [1.54, 1.807) is 43.3 Å². The average Bonchev–Trinajstić information content (AvgIpc) is 2.59. The molecule has 2 aromatic rings. The number of nitrogens with zero attached hydrogens (tertiary/aromatic N) is 1. The van der Waals surface area contributed by atoms with Gasteiger partial charge in [0.05, 0.1) is 11.7 Å². The first-order valence-corrected chi connectivity index (χ1v) is 9.34. The predicted octanol–water partition coefficient (Wildman–Crippen LogP) is 4.73. The molecule has 1 unspecified atom stereocenters. The second-order valence-electron chi connectivity index (χ2n) is 6.10. The number of nitrogens with one attached hydrogen (secondary N) is 1. The number of hydrogen-bond donors (Lipinski definition) is 2. The largest absolute Gasteiger partial charge is 0.441 e. The van der Waals surface area contributed by atoms with E-state index in [-0.39, 0.29) is 15.7 Å². The third kappa shape index (κ3) is 2.94. The molecule has 1 heterocycles. The topological polar surface area (TPSA) is 52.6 Å². The smallest absolute Gasteiger partial charge is 0.360 e. The highest BCUT2D eigenvalue weighted by atomic mass is 127. The highest BCUT2D eigenvalue weighted by molar-refractivity contribution is 14.1. The van der Waals surface area contributed by atoms with Crippen molar-refractivity contribution in [2.24, 2.45) is 0 Å². The molecule has 2 N–H and O–H groups in total. The number of rotatable bonds is 3. The van der Waals surface area contributed by atoms with E-state index in [2.05, 4.69) is 5.32 Å². The molecule has 3 rings (SSSR count). The Hall–Kier alpha value is -1.81. The summed E-state index contributed by atoms with van der Waals surface area (Å²) < 4.78 is 42.5. The molecular formula is C18H16F3IN2O2. The average molecular weight is 476 g/mol. The summed E-state index contributed by atoms with van der Waals surface area (Å²) in [6.45, 7) is 1.63. The maximum Gasteiger partial charge on any atom is 0.441 e. The highest BCUT2D eigenvalue weighted by Crippen LogP contribution is 2.50. The van der Waals surface area contributed by atoms with Crippen molar-refractivity contribution in [2.75, 3.05) is 9.74 Å². The van der Waals surface area contributed by atoms with Crippen LogP contribution in [-0.2, 0) is 5.72 Å². The molecule has 138 valence electrons. The Morgan fingerprint density at radius 2 is 1.88 bits per heavy atom. The molecule has 0 saturated carbocycles. The minimum absolute atomic E-state index is 0.0445. The Kier molecular flexibility index (Phi) is 4.91. The molecule has 4 nitrogen and oxygen atoms in total. The number of hydrogen-bond acceptors (Lipinski definition) is 2. The summed E-state index contributed by atoms with van der Waals surface area (Å²) in [6, 6.07) is 10.6. The van der Waals surface area contributed by atoms with Crippen molar-refractivity contribution in [1.82, 2.24) is 4.90 Å². The number of carbonyl (C=O) groups excluding carboxylic acids is 1. The van der Waals surface area contributed by atoms with Crippen LogP contribution in [0, 0.1) is 6.92 Å². The van der Waals surface area contributed by atoms with Crippen LogP contribution in [0.1, 0.15) is 22.7 Å². The highest BCUT2D eigenvalue weighted by Gasteiger charge is 2.65. The van der Waals surface area contributed by atoms with Crippen LogP contribution in [0.4, 0.5) is 23.7 Å². The fraction of sp³-hybridized carbons (Fsp3) is 0.278. The molecule has 2 amide bonds. The number of aryl methyl sites for hydroxylation is 1. The number of urea groups is 1.